The van der Waals surface area contributed by atoms with Crippen molar-refractivity contribution in [3.63, 3.8) is 0 Å². The molecule has 0 saturated carbocycles. The lowest BCUT2D eigenvalue weighted by Crippen LogP contribution is -2.53. The summed E-state index contributed by atoms with van der Waals surface area (Å²) in [5.74, 6) is 10.8. The number of carbonyl (C=O) groups is 2. The van der Waals surface area contributed by atoms with Gasteiger partial charge in [0.1, 0.15) is 17.4 Å². The van der Waals surface area contributed by atoms with Crippen LogP contribution in [-0.4, -0.2) is 39.5 Å². The summed E-state index contributed by atoms with van der Waals surface area (Å²) < 4.78 is 6.43. The lowest BCUT2D eigenvalue weighted by Gasteiger charge is -2.38. The normalized spacial score (nSPS) is 31.5. The molecule has 1 fully saturated rings. The van der Waals surface area contributed by atoms with Crippen molar-refractivity contribution >= 4 is 17.3 Å². The van der Waals surface area contributed by atoms with Gasteiger partial charge >= 0.3 is 0 Å². The summed E-state index contributed by atoms with van der Waals surface area (Å²) in [6.07, 6.45) is 2.36. The first kappa shape index (κ1) is 21.4. The summed E-state index contributed by atoms with van der Waals surface area (Å²) in [5.41, 5.74) is 1.30. The van der Waals surface area contributed by atoms with Gasteiger partial charge in [-0.3, -0.25) is 9.59 Å². The molecule has 2 aromatic rings. The third-order valence-electron chi connectivity index (χ3n) is 8.21. The monoisotopic (exact) mass is 478 g/mol. The fourth-order valence-corrected chi connectivity index (χ4v) is 6.52. The Balaban J connectivity index is 1.52. The van der Waals surface area contributed by atoms with Gasteiger partial charge in [0.25, 0.3) is 0 Å². The van der Waals surface area contributed by atoms with Crippen molar-refractivity contribution < 1.29 is 24.5 Å². The molecular formula is C29H22N2O5. The Bertz CT molecular complexity index is 1600. The van der Waals surface area contributed by atoms with Crippen LogP contribution in [0.4, 0.5) is 5.69 Å². The molecule has 0 unspecified atom stereocenters. The van der Waals surface area contributed by atoms with Crippen molar-refractivity contribution in [2.24, 2.45) is 5.92 Å². The first-order valence-electron chi connectivity index (χ1n) is 12.0. The number of aromatic hydroxyl groups is 1. The smallest absolute Gasteiger partial charge is 0.198 e. The summed E-state index contributed by atoms with van der Waals surface area (Å²) >= 11 is 0. The van der Waals surface area contributed by atoms with E-state index in [1.807, 2.05) is 6.92 Å². The highest BCUT2D eigenvalue weighted by atomic mass is 16.6. The molecule has 0 spiro atoms. The zero-order valence-corrected chi connectivity index (χ0v) is 19.7. The summed E-state index contributed by atoms with van der Waals surface area (Å²) in [7, 11) is 0. The maximum Gasteiger partial charge on any atom is 0.198 e. The van der Waals surface area contributed by atoms with Gasteiger partial charge in [0, 0.05) is 29.8 Å². The number of epoxide rings is 1. The molecule has 7 rings (SSSR count). The number of anilines is 1. The molecular weight excluding hydrogens is 456 g/mol. The predicted molar refractivity (Wildman–Crippen MR) is 130 cm³/mol. The molecule has 0 amide bonds. The van der Waals surface area contributed by atoms with Crippen molar-refractivity contribution in [3.05, 3.63) is 69.3 Å². The number of carbonyl (C=O) groups excluding carboxylic acids is 2. The van der Waals surface area contributed by atoms with Crippen molar-refractivity contribution in [3.8, 4) is 29.4 Å². The minimum atomic E-state index is -1.14. The molecule has 7 heteroatoms. The van der Waals surface area contributed by atoms with E-state index in [9.17, 15) is 19.8 Å². The Morgan fingerprint density at radius 2 is 1.67 bits per heavy atom. The van der Waals surface area contributed by atoms with Gasteiger partial charge < -0.3 is 25.6 Å². The number of aliphatic hydroxyl groups is 1. The van der Waals surface area contributed by atoms with Gasteiger partial charge in [-0.15, -0.1) is 0 Å². The molecule has 3 aliphatic heterocycles. The van der Waals surface area contributed by atoms with Crippen molar-refractivity contribution in [2.75, 3.05) is 5.32 Å². The van der Waals surface area contributed by atoms with Crippen LogP contribution in [0.2, 0.25) is 0 Å². The van der Waals surface area contributed by atoms with Gasteiger partial charge in [-0.2, -0.15) is 0 Å². The van der Waals surface area contributed by atoms with E-state index in [2.05, 4.69) is 34.3 Å². The SMILES string of the molecule is C[C@@H]1C#C/C=C\C#C[C@@H]2Nc3c(cc(O)c4c3C(=O)c3cc5c(cc3C4=O)CNC5)[C@]13O[C@@]23[C@@H](C)O. The van der Waals surface area contributed by atoms with Crippen LogP contribution in [0.5, 0.6) is 5.75 Å². The Morgan fingerprint density at radius 3 is 2.33 bits per heavy atom. The Labute approximate surface area is 207 Å². The van der Waals surface area contributed by atoms with E-state index < -0.39 is 35.0 Å². The number of fused-ring (bicyclic) bond motifs is 5. The molecule has 0 aromatic heterocycles. The number of nitrogens with one attached hydrogen (secondary N) is 2. The molecule has 2 bridgehead atoms. The quantitative estimate of drug-likeness (QED) is 0.241. The number of ketones is 2. The molecule has 5 atom stereocenters. The summed E-state index contributed by atoms with van der Waals surface area (Å²) in [6.45, 7) is 4.79. The van der Waals surface area contributed by atoms with E-state index in [4.69, 9.17) is 4.74 Å². The van der Waals surface area contributed by atoms with Crippen LogP contribution < -0.4 is 10.6 Å². The first-order valence-corrected chi connectivity index (χ1v) is 12.0. The highest BCUT2D eigenvalue weighted by Crippen LogP contribution is 2.68. The number of ether oxygens (including phenoxy) is 1. The average Bonchev–Trinajstić information content (AvgIpc) is 3.41. The van der Waals surface area contributed by atoms with Gasteiger partial charge in [0.2, 0.25) is 0 Å². The molecule has 7 nitrogen and oxygen atoms in total. The number of hydrogen-bond acceptors (Lipinski definition) is 7. The van der Waals surface area contributed by atoms with Gasteiger partial charge in [-0.1, -0.05) is 23.7 Å². The fraction of sp³-hybridized carbons (Fsp3) is 0.310. The molecule has 0 radical (unpaired) electrons. The van der Waals surface area contributed by atoms with Gasteiger partial charge in [0.15, 0.2) is 17.2 Å². The third-order valence-corrected chi connectivity index (χ3v) is 8.21. The topological polar surface area (TPSA) is 111 Å². The van der Waals surface area contributed by atoms with Crippen LogP contribution in [0.15, 0.2) is 30.4 Å². The van der Waals surface area contributed by atoms with Crippen LogP contribution in [0.1, 0.15) is 62.4 Å². The van der Waals surface area contributed by atoms with Crippen molar-refractivity contribution in [2.45, 2.75) is 50.3 Å². The lowest BCUT2D eigenvalue weighted by molar-refractivity contribution is 0.0868. The minimum absolute atomic E-state index is 0.0255. The number of rotatable bonds is 1. The van der Waals surface area contributed by atoms with Gasteiger partial charge in [-0.05, 0) is 55.3 Å². The zero-order chi connectivity index (χ0) is 25.0. The Morgan fingerprint density at radius 1 is 1.03 bits per heavy atom. The van der Waals surface area contributed by atoms with Gasteiger partial charge in [0.05, 0.1) is 28.8 Å². The highest BCUT2D eigenvalue weighted by molar-refractivity contribution is 6.31. The number of phenolic OH excluding ortho intramolecular Hbond substituents is 1. The molecule has 4 N–H and O–H groups in total. The first-order chi connectivity index (χ1) is 17.3. The molecule has 2 aliphatic carbocycles. The van der Waals surface area contributed by atoms with Crippen molar-refractivity contribution in [1.29, 1.82) is 0 Å². The molecule has 5 aliphatic rings. The fourth-order valence-electron chi connectivity index (χ4n) is 6.52. The zero-order valence-electron chi connectivity index (χ0n) is 19.7. The summed E-state index contributed by atoms with van der Waals surface area (Å²) in [5, 5.41) is 28.7. The van der Waals surface area contributed by atoms with Gasteiger partial charge in [-0.25, -0.2) is 0 Å². The molecule has 3 heterocycles. The lowest BCUT2D eigenvalue weighted by atomic mass is 9.67. The molecule has 1 saturated heterocycles. The highest BCUT2D eigenvalue weighted by Gasteiger charge is 2.81. The molecule has 178 valence electrons. The maximum absolute atomic E-state index is 14.0. The minimum Gasteiger partial charge on any atom is -0.507 e. The number of hydrogen-bond donors (Lipinski definition) is 4. The summed E-state index contributed by atoms with van der Waals surface area (Å²) in [6, 6.07) is 4.35. The molecule has 2 aromatic carbocycles. The average molecular weight is 479 g/mol. The standard InChI is InChI=1S/C29H22N2O5/c1-14-7-5-3-4-6-8-22-29(15(2)32)28(14,36-29)20-11-21(33)23-24(25(20)31-22)27(35)19-10-17-13-30-12-16(17)9-18(19)26(23)34/h3-4,9-11,14-15,22,30-33H,12-13H2,1-2H3/b4-3-/t14-,15-,22+,28-,29+/m1/s1. The van der Waals surface area contributed by atoms with E-state index >= 15 is 0 Å². The van der Waals surface area contributed by atoms with Crippen LogP contribution in [-0.2, 0) is 23.4 Å². The van der Waals surface area contributed by atoms with Crippen LogP contribution in [0.3, 0.4) is 0 Å². The van der Waals surface area contributed by atoms with Crippen LogP contribution in [0.25, 0.3) is 0 Å². The predicted octanol–water partition coefficient (Wildman–Crippen LogP) is 2.12. The third kappa shape index (κ3) is 2.36. The number of allylic oxidation sites excluding steroid dienone is 2. The number of benzene rings is 2. The van der Waals surface area contributed by atoms with E-state index in [0.29, 0.717) is 35.5 Å². The van der Waals surface area contributed by atoms with E-state index in [1.54, 1.807) is 31.2 Å². The number of aliphatic hydroxyl groups excluding tert-OH is 1. The Hall–Kier alpha value is -3.88. The summed E-state index contributed by atoms with van der Waals surface area (Å²) in [4.78, 5) is 27.7. The second-order valence-electron chi connectivity index (χ2n) is 10.0. The van der Waals surface area contributed by atoms with E-state index in [-0.39, 0.29) is 22.7 Å². The second kappa shape index (κ2) is 6.87. The maximum atomic E-state index is 14.0. The number of phenols is 1. The molecule has 36 heavy (non-hydrogen) atoms. The Kier molecular flexibility index (Phi) is 4.08. The van der Waals surface area contributed by atoms with E-state index in [0.717, 1.165) is 11.1 Å². The van der Waals surface area contributed by atoms with Crippen molar-refractivity contribution in [1.82, 2.24) is 5.32 Å². The van der Waals surface area contributed by atoms with Crippen LogP contribution in [0, 0.1) is 29.6 Å². The second-order valence-corrected chi connectivity index (χ2v) is 10.0. The largest absolute Gasteiger partial charge is 0.507 e. The van der Waals surface area contributed by atoms with E-state index in [1.165, 1.54) is 6.07 Å². The van der Waals surface area contributed by atoms with Crippen LogP contribution >= 0.6 is 0 Å².